The fraction of sp³-hybridized carbons (Fsp3) is 0.0769. The van der Waals surface area contributed by atoms with E-state index in [1.807, 2.05) is 0 Å². The van der Waals surface area contributed by atoms with Gasteiger partial charge < -0.3 is 15.5 Å². The second kappa shape index (κ2) is 5.66. The average molecular weight is 294 g/mol. The summed E-state index contributed by atoms with van der Waals surface area (Å²) in [7, 11) is 0. The summed E-state index contributed by atoms with van der Waals surface area (Å²) in [6.45, 7) is 3.82. The third-order valence-corrected chi connectivity index (χ3v) is 2.91. The van der Waals surface area contributed by atoms with Crippen LogP contribution in [-0.4, -0.2) is 32.9 Å². The lowest BCUT2D eigenvalue weighted by atomic mass is 10.1. The lowest BCUT2D eigenvalue weighted by molar-refractivity contribution is 0.0958. The van der Waals surface area contributed by atoms with Gasteiger partial charge in [-0.3, -0.25) is 9.89 Å². The van der Waals surface area contributed by atoms with Gasteiger partial charge in [0.2, 0.25) is 0 Å². The first kappa shape index (κ1) is 14.0. The molecule has 1 aromatic carbocycles. The van der Waals surface area contributed by atoms with E-state index in [0.717, 1.165) is 6.07 Å². The summed E-state index contributed by atoms with van der Waals surface area (Å²) >= 11 is 5.81. The molecule has 0 aliphatic carbocycles. The fourth-order valence-electron chi connectivity index (χ4n) is 1.67. The van der Waals surface area contributed by atoms with E-state index in [0.29, 0.717) is 6.54 Å². The Labute approximate surface area is 119 Å². The molecular weight excluding hydrogens is 282 g/mol. The molecule has 20 heavy (non-hydrogen) atoms. The third kappa shape index (κ3) is 2.60. The standard InChI is InChI=1S/C13H12ClN3O3/c1-2-3-15-13(20)8-6-16-17-12(8)7-4-9(14)11(19)5-10(7)18/h2,4-6,18-19H,1,3H2,(H,15,20)(H,16,17). The average Bonchev–Trinajstić information content (AvgIpc) is 2.89. The summed E-state index contributed by atoms with van der Waals surface area (Å²) in [5, 5.41) is 28.4. The maximum Gasteiger partial charge on any atom is 0.255 e. The zero-order valence-electron chi connectivity index (χ0n) is 10.4. The molecule has 0 fully saturated rings. The smallest absolute Gasteiger partial charge is 0.255 e. The van der Waals surface area contributed by atoms with E-state index in [4.69, 9.17) is 11.6 Å². The van der Waals surface area contributed by atoms with E-state index in [-0.39, 0.29) is 39.2 Å². The highest BCUT2D eigenvalue weighted by molar-refractivity contribution is 6.32. The molecule has 1 aromatic heterocycles. The minimum Gasteiger partial charge on any atom is -0.507 e. The van der Waals surface area contributed by atoms with Crippen molar-refractivity contribution in [2.45, 2.75) is 0 Å². The fourth-order valence-corrected chi connectivity index (χ4v) is 1.83. The predicted molar refractivity (Wildman–Crippen MR) is 74.9 cm³/mol. The number of nitrogens with zero attached hydrogens (tertiary/aromatic N) is 1. The van der Waals surface area contributed by atoms with Crippen molar-refractivity contribution >= 4 is 17.5 Å². The van der Waals surface area contributed by atoms with E-state index >= 15 is 0 Å². The molecule has 1 amide bonds. The number of phenols is 2. The summed E-state index contributed by atoms with van der Waals surface area (Å²) in [6, 6.07) is 2.43. The van der Waals surface area contributed by atoms with Crippen LogP contribution >= 0.6 is 11.6 Å². The van der Waals surface area contributed by atoms with Crippen LogP contribution in [0.25, 0.3) is 11.3 Å². The number of carbonyl (C=O) groups excluding carboxylic acids is 1. The maximum atomic E-state index is 11.9. The number of halogens is 1. The molecule has 1 heterocycles. The van der Waals surface area contributed by atoms with E-state index < -0.39 is 0 Å². The van der Waals surface area contributed by atoms with Crippen LogP contribution < -0.4 is 5.32 Å². The van der Waals surface area contributed by atoms with Crippen LogP contribution in [-0.2, 0) is 0 Å². The molecule has 0 saturated heterocycles. The number of carbonyl (C=O) groups is 1. The number of nitrogens with one attached hydrogen (secondary N) is 2. The van der Waals surface area contributed by atoms with Gasteiger partial charge in [-0.05, 0) is 6.07 Å². The number of rotatable bonds is 4. The molecule has 0 unspecified atom stereocenters. The van der Waals surface area contributed by atoms with Gasteiger partial charge >= 0.3 is 0 Å². The zero-order chi connectivity index (χ0) is 14.7. The van der Waals surface area contributed by atoms with Crippen molar-refractivity contribution in [3.8, 4) is 22.8 Å². The summed E-state index contributed by atoms with van der Waals surface area (Å²) in [4.78, 5) is 11.9. The van der Waals surface area contributed by atoms with E-state index in [9.17, 15) is 15.0 Å². The predicted octanol–water partition coefficient (Wildman–Crippen LogP) is 2.06. The first-order valence-electron chi connectivity index (χ1n) is 5.69. The molecule has 0 aliphatic rings. The van der Waals surface area contributed by atoms with Crippen molar-refractivity contribution in [3.05, 3.63) is 41.6 Å². The molecule has 2 rings (SSSR count). The molecular formula is C13H12ClN3O3. The Morgan fingerprint density at radius 1 is 1.45 bits per heavy atom. The lowest BCUT2D eigenvalue weighted by Gasteiger charge is -2.07. The van der Waals surface area contributed by atoms with E-state index in [1.54, 1.807) is 6.08 Å². The van der Waals surface area contributed by atoms with Gasteiger partial charge in [-0.25, -0.2) is 0 Å². The highest BCUT2D eigenvalue weighted by Crippen LogP contribution is 2.37. The molecule has 7 heteroatoms. The molecule has 2 aromatic rings. The first-order chi connectivity index (χ1) is 9.54. The number of aromatic hydroxyl groups is 2. The second-order valence-corrected chi connectivity index (χ2v) is 4.37. The van der Waals surface area contributed by atoms with Gasteiger partial charge in [0.25, 0.3) is 5.91 Å². The van der Waals surface area contributed by atoms with Gasteiger partial charge in [-0.15, -0.1) is 6.58 Å². The normalized spacial score (nSPS) is 10.2. The van der Waals surface area contributed by atoms with Crippen LogP contribution in [0.4, 0.5) is 0 Å². The SMILES string of the molecule is C=CCNC(=O)c1c[nH]nc1-c1cc(Cl)c(O)cc1O. The van der Waals surface area contributed by atoms with Crippen molar-refractivity contribution in [2.24, 2.45) is 0 Å². The van der Waals surface area contributed by atoms with Gasteiger partial charge in [-0.2, -0.15) is 5.10 Å². The quantitative estimate of drug-likeness (QED) is 0.649. The van der Waals surface area contributed by atoms with Gasteiger partial charge in [-0.1, -0.05) is 17.7 Å². The summed E-state index contributed by atoms with van der Waals surface area (Å²) in [6.07, 6.45) is 2.96. The number of hydrogen-bond acceptors (Lipinski definition) is 4. The van der Waals surface area contributed by atoms with Crippen molar-refractivity contribution in [2.75, 3.05) is 6.54 Å². The molecule has 0 saturated carbocycles. The molecule has 6 nitrogen and oxygen atoms in total. The van der Waals surface area contributed by atoms with Crippen LogP contribution in [0.2, 0.25) is 5.02 Å². The number of amides is 1. The maximum absolute atomic E-state index is 11.9. The van der Waals surface area contributed by atoms with Crippen molar-refractivity contribution in [1.29, 1.82) is 0 Å². The molecule has 4 N–H and O–H groups in total. The molecule has 0 radical (unpaired) electrons. The molecule has 0 atom stereocenters. The number of H-pyrrole nitrogens is 1. The molecule has 0 aliphatic heterocycles. The van der Waals surface area contributed by atoms with E-state index in [2.05, 4.69) is 22.1 Å². The summed E-state index contributed by atoms with van der Waals surface area (Å²) in [5.41, 5.74) is 0.743. The Morgan fingerprint density at radius 2 is 2.20 bits per heavy atom. The minimum absolute atomic E-state index is 0.0539. The van der Waals surface area contributed by atoms with Crippen LogP contribution in [0, 0.1) is 0 Å². The van der Waals surface area contributed by atoms with Crippen LogP contribution in [0.5, 0.6) is 11.5 Å². The summed E-state index contributed by atoms with van der Waals surface area (Å²) in [5.74, 6) is -0.838. The number of aromatic nitrogens is 2. The highest BCUT2D eigenvalue weighted by Gasteiger charge is 2.19. The largest absolute Gasteiger partial charge is 0.507 e. The van der Waals surface area contributed by atoms with Gasteiger partial charge in [0.1, 0.15) is 17.2 Å². The van der Waals surface area contributed by atoms with Crippen LogP contribution in [0.1, 0.15) is 10.4 Å². The topological polar surface area (TPSA) is 98.2 Å². The lowest BCUT2D eigenvalue weighted by Crippen LogP contribution is -2.23. The Kier molecular flexibility index (Phi) is 3.95. The number of phenolic OH excluding ortho intramolecular Hbond substituents is 2. The van der Waals surface area contributed by atoms with Gasteiger partial charge in [0.05, 0.1) is 10.6 Å². The second-order valence-electron chi connectivity index (χ2n) is 3.97. The Balaban J connectivity index is 2.44. The van der Waals surface area contributed by atoms with Gasteiger partial charge in [0, 0.05) is 24.4 Å². The first-order valence-corrected chi connectivity index (χ1v) is 6.07. The number of benzene rings is 1. The third-order valence-electron chi connectivity index (χ3n) is 2.61. The van der Waals surface area contributed by atoms with Crippen molar-refractivity contribution in [1.82, 2.24) is 15.5 Å². The van der Waals surface area contributed by atoms with Crippen molar-refractivity contribution < 1.29 is 15.0 Å². The van der Waals surface area contributed by atoms with E-state index in [1.165, 1.54) is 12.3 Å². The molecule has 0 spiro atoms. The molecule has 104 valence electrons. The van der Waals surface area contributed by atoms with Crippen LogP contribution in [0.3, 0.4) is 0 Å². The monoisotopic (exact) mass is 293 g/mol. The molecule has 0 bridgehead atoms. The Morgan fingerprint density at radius 3 is 2.90 bits per heavy atom. The number of hydrogen-bond donors (Lipinski definition) is 4. The Bertz CT molecular complexity index is 667. The van der Waals surface area contributed by atoms with Gasteiger partial charge in [0.15, 0.2) is 0 Å². The zero-order valence-corrected chi connectivity index (χ0v) is 11.1. The van der Waals surface area contributed by atoms with Crippen LogP contribution in [0.15, 0.2) is 31.0 Å². The minimum atomic E-state index is -0.364. The van der Waals surface area contributed by atoms with Crippen molar-refractivity contribution in [3.63, 3.8) is 0 Å². The Hall–Kier alpha value is -2.47. The number of aromatic amines is 1. The highest BCUT2D eigenvalue weighted by atomic mass is 35.5. The summed E-state index contributed by atoms with van der Waals surface area (Å²) < 4.78 is 0.